The summed E-state index contributed by atoms with van der Waals surface area (Å²) in [5.41, 5.74) is 0.429. The Morgan fingerprint density at radius 1 is 1.40 bits per heavy atom. The molecule has 2 heterocycles. The van der Waals surface area contributed by atoms with E-state index in [0.717, 1.165) is 17.4 Å². The number of sulfone groups is 1. The zero-order chi connectivity index (χ0) is 18.2. The van der Waals surface area contributed by atoms with Crippen molar-refractivity contribution in [3.63, 3.8) is 0 Å². The van der Waals surface area contributed by atoms with Crippen molar-refractivity contribution < 1.29 is 31.1 Å². The molecule has 1 atom stereocenters. The molecule has 11 heteroatoms. The van der Waals surface area contributed by atoms with Gasteiger partial charge in [-0.05, 0) is 24.5 Å². The van der Waals surface area contributed by atoms with Gasteiger partial charge in [-0.25, -0.2) is 13.4 Å². The van der Waals surface area contributed by atoms with Gasteiger partial charge in [0.25, 0.3) is 0 Å². The number of amides is 1. The van der Waals surface area contributed by atoms with Gasteiger partial charge < -0.3 is 10.1 Å². The predicted molar refractivity (Wildman–Crippen MR) is 86.3 cm³/mol. The second kappa shape index (κ2) is 6.45. The van der Waals surface area contributed by atoms with Crippen molar-refractivity contribution in [1.82, 2.24) is 4.98 Å². The van der Waals surface area contributed by atoms with Crippen LogP contribution in [0.4, 0.5) is 18.3 Å². The molecule has 0 saturated carbocycles. The number of halogens is 3. The number of alkyl halides is 3. The highest BCUT2D eigenvalue weighted by Crippen LogP contribution is 2.32. The number of anilines is 1. The number of benzene rings is 1. The van der Waals surface area contributed by atoms with E-state index in [2.05, 4.69) is 15.0 Å². The lowest BCUT2D eigenvalue weighted by atomic mass is 10.1. The molecule has 3 rings (SSSR count). The van der Waals surface area contributed by atoms with Gasteiger partial charge in [-0.1, -0.05) is 11.3 Å². The number of fused-ring (bicyclic) bond motifs is 1. The summed E-state index contributed by atoms with van der Waals surface area (Å²) < 4.78 is 63.8. The van der Waals surface area contributed by atoms with Crippen LogP contribution in [0.25, 0.3) is 10.2 Å². The smallest absolute Gasteiger partial charge is 0.406 e. The van der Waals surface area contributed by atoms with Crippen LogP contribution in [0, 0.1) is 5.92 Å². The Morgan fingerprint density at radius 3 is 2.80 bits per heavy atom. The Balaban J connectivity index is 1.66. The number of hydrogen-bond acceptors (Lipinski definition) is 6. The first kappa shape index (κ1) is 17.9. The van der Waals surface area contributed by atoms with E-state index in [9.17, 15) is 26.4 Å². The van der Waals surface area contributed by atoms with Gasteiger partial charge in [-0.15, -0.1) is 13.2 Å². The third-order valence-electron chi connectivity index (χ3n) is 3.64. The predicted octanol–water partition coefficient (Wildman–Crippen LogP) is 2.96. The van der Waals surface area contributed by atoms with Gasteiger partial charge >= 0.3 is 6.36 Å². The highest BCUT2D eigenvalue weighted by molar-refractivity contribution is 7.91. The zero-order valence-corrected chi connectivity index (χ0v) is 14.3. The van der Waals surface area contributed by atoms with Crippen molar-refractivity contribution in [1.29, 1.82) is 0 Å². The molecule has 1 aliphatic rings. The minimum atomic E-state index is -4.78. The monoisotopic (exact) mass is 394 g/mol. The summed E-state index contributed by atoms with van der Waals surface area (Å²) in [6.07, 6.45) is -4.26. The first-order valence-electron chi connectivity index (χ1n) is 7.26. The van der Waals surface area contributed by atoms with E-state index in [1.165, 1.54) is 12.1 Å². The van der Waals surface area contributed by atoms with Gasteiger partial charge in [0.2, 0.25) is 5.91 Å². The molecule has 25 heavy (non-hydrogen) atoms. The lowest BCUT2D eigenvalue weighted by molar-refractivity contribution is -0.274. The summed E-state index contributed by atoms with van der Waals surface area (Å²) >= 11 is 1.01. The number of carbonyl (C=O) groups is 1. The summed E-state index contributed by atoms with van der Waals surface area (Å²) in [4.78, 5) is 16.1. The molecule has 0 aliphatic carbocycles. The van der Waals surface area contributed by atoms with E-state index in [0.29, 0.717) is 16.6 Å². The fraction of sp³-hybridized carbons (Fsp3) is 0.429. The molecule has 1 saturated heterocycles. The molecule has 1 N–H and O–H groups in total. The number of ether oxygens (including phenoxy) is 1. The average molecular weight is 394 g/mol. The minimum absolute atomic E-state index is 0.00158. The number of hydrogen-bond donors (Lipinski definition) is 1. The van der Waals surface area contributed by atoms with Crippen molar-refractivity contribution in [3.05, 3.63) is 18.2 Å². The molecule has 0 radical (unpaired) electrons. The van der Waals surface area contributed by atoms with Crippen LogP contribution in [-0.4, -0.2) is 37.2 Å². The Labute approximate surface area is 144 Å². The van der Waals surface area contributed by atoms with Gasteiger partial charge in [0.05, 0.1) is 21.7 Å². The van der Waals surface area contributed by atoms with E-state index in [1.54, 1.807) is 0 Å². The standard InChI is InChI=1S/C14H13F3N2O4S2/c15-14(16,17)23-9-1-2-10-11(6-9)24-13(18-10)19-12(20)5-8-3-4-25(21,22)7-8/h1-2,6,8H,3-5,7H2,(H,18,19,20)/t8-/m0/s1. The molecular formula is C14H13F3N2O4S2. The van der Waals surface area contributed by atoms with E-state index in [4.69, 9.17) is 0 Å². The van der Waals surface area contributed by atoms with Crippen LogP contribution >= 0.6 is 11.3 Å². The van der Waals surface area contributed by atoms with Crippen LogP contribution in [0.15, 0.2) is 18.2 Å². The maximum Gasteiger partial charge on any atom is 0.573 e. The summed E-state index contributed by atoms with van der Waals surface area (Å²) in [7, 11) is -3.05. The molecule has 136 valence electrons. The minimum Gasteiger partial charge on any atom is -0.406 e. The zero-order valence-electron chi connectivity index (χ0n) is 12.7. The molecule has 1 aromatic heterocycles. The van der Waals surface area contributed by atoms with Gasteiger partial charge in [0.1, 0.15) is 5.75 Å². The number of carbonyl (C=O) groups excluding carboxylic acids is 1. The fourth-order valence-corrected chi connectivity index (χ4v) is 5.39. The highest BCUT2D eigenvalue weighted by Gasteiger charge is 2.31. The Hall–Kier alpha value is -1.88. The van der Waals surface area contributed by atoms with E-state index >= 15 is 0 Å². The first-order chi connectivity index (χ1) is 11.6. The molecule has 0 unspecified atom stereocenters. The van der Waals surface area contributed by atoms with Crippen LogP contribution in [0.1, 0.15) is 12.8 Å². The molecular weight excluding hydrogens is 381 g/mol. The van der Waals surface area contributed by atoms with Crippen molar-refractivity contribution in [2.45, 2.75) is 19.2 Å². The molecule has 1 amide bonds. The van der Waals surface area contributed by atoms with Crippen LogP contribution in [0.5, 0.6) is 5.75 Å². The molecule has 1 aromatic carbocycles. The largest absolute Gasteiger partial charge is 0.573 e. The Kier molecular flexibility index (Phi) is 4.62. The molecule has 1 aliphatic heterocycles. The van der Waals surface area contributed by atoms with Crippen molar-refractivity contribution >= 4 is 42.4 Å². The van der Waals surface area contributed by atoms with E-state index in [-0.39, 0.29) is 40.6 Å². The van der Waals surface area contributed by atoms with Gasteiger partial charge in [-0.3, -0.25) is 4.79 Å². The number of thiazole rings is 1. The van der Waals surface area contributed by atoms with Crippen LogP contribution < -0.4 is 10.1 Å². The third-order valence-corrected chi connectivity index (χ3v) is 6.41. The second-order valence-corrected chi connectivity index (χ2v) is 8.98. The van der Waals surface area contributed by atoms with Crippen LogP contribution in [0.2, 0.25) is 0 Å². The summed E-state index contributed by atoms with van der Waals surface area (Å²) in [6, 6.07) is 3.70. The summed E-state index contributed by atoms with van der Waals surface area (Å²) in [6.45, 7) is 0. The molecule has 1 fully saturated rings. The fourth-order valence-electron chi connectivity index (χ4n) is 2.62. The lowest BCUT2D eigenvalue weighted by Gasteiger charge is -2.07. The molecule has 6 nitrogen and oxygen atoms in total. The van der Waals surface area contributed by atoms with E-state index in [1.807, 2.05) is 0 Å². The quantitative estimate of drug-likeness (QED) is 0.862. The SMILES string of the molecule is O=C(C[C@@H]1CCS(=O)(=O)C1)Nc1nc2ccc(OC(F)(F)F)cc2s1. The summed E-state index contributed by atoms with van der Waals surface area (Å²) in [5.74, 6) is -0.858. The van der Waals surface area contributed by atoms with Gasteiger partial charge in [0.15, 0.2) is 15.0 Å². The van der Waals surface area contributed by atoms with Crippen molar-refractivity contribution in [3.8, 4) is 5.75 Å². The molecule has 0 spiro atoms. The Morgan fingerprint density at radius 2 is 2.16 bits per heavy atom. The molecule has 0 bridgehead atoms. The van der Waals surface area contributed by atoms with Crippen LogP contribution in [-0.2, 0) is 14.6 Å². The van der Waals surface area contributed by atoms with Crippen LogP contribution in [0.3, 0.4) is 0 Å². The Bertz CT molecular complexity index is 908. The van der Waals surface area contributed by atoms with Gasteiger partial charge in [-0.2, -0.15) is 0 Å². The maximum atomic E-state index is 12.2. The maximum absolute atomic E-state index is 12.2. The number of nitrogens with one attached hydrogen (secondary N) is 1. The van der Waals surface area contributed by atoms with E-state index < -0.39 is 16.2 Å². The number of nitrogens with zero attached hydrogens (tertiary/aromatic N) is 1. The topological polar surface area (TPSA) is 85.4 Å². The highest BCUT2D eigenvalue weighted by atomic mass is 32.2. The second-order valence-electron chi connectivity index (χ2n) is 5.72. The van der Waals surface area contributed by atoms with Crippen molar-refractivity contribution in [2.24, 2.45) is 5.92 Å². The number of aromatic nitrogens is 1. The average Bonchev–Trinajstić information content (AvgIpc) is 2.98. The third kappa shape index (κ3) is 4.82. The van der Waals surface area contributed by atoms with Gasteiger partial charge in [0, 0.05) is 12.5 Å². The van der Waals surface area contributed by atoms with Crippen molar-refractivity contribution in [2.75, 3.05) is 16.8 Å². The normalized spacial score (nSPS) is 19.9. The lowest BCUT2D eigenvalue weighted by Crippen LogP contribution is -2.17. The first-order valence-corrected chi connectivity index (χ1v) is 9.90. The molecule has 2 aromatic rings. The summed E-state index contributed by atoms with van der Waals surface area (Å²) in [5, 5.41) is 2.80. The number of rotatable bonds is 4.